The molecule has 0 spiro atoms. The number of nitrogens with one attached hydrogen (secondary N) is 2. The Morgan fingerprint density at radius 1 is 1.08 bits per heavy atom. The molecular formula is C18H18IN3OS. The summed E-state index contributed by atoms with van der Waals surface area (Å²) in [6.07, 6.45) is 2.52. The third-order valence-corrected chi connectivity index (χ3v) is 4.79. The quantitative estimate of drug-likeness (QED) is 0.547. The van der Waals surface area contributed by atoms with Gasteiger partial charge in [0.15, 0.2) is 5.11 Å². The summed E-state index contributed by atoms with van der Waals surface area (Å²) < 4.78 is 1.01. The predicted octanol–water partition coefficient (Wildman–Crippen LogP) is 4.02. The Morgan fingerprint density at radius 3 is 2.46 bits per heavy atom. The van der Waals surface area contributed by atoms with Gasteiger partial charge in [0.25, 0.3) is 5.91 Å². The fourth-order valence-electron chi connectivity index (χ4n) is 2.70. The molecule has 0 atom stereocenters. The van der Waals surface area contributed by atoms with Crippen molar-refractivity contribution in [2.45, 2.75) is 12.8 Å². The van der Waals surface area contributed by atoms with Crippen LogP contribution >= 0.6 is 34.8 Å². The van der Waals surface area contributed by atoms with Crippen molar-refractivity contribution in [3.05, 3.63) is 57.7 Å². The van der Waals surface area contributed by atoms with Crippen LogP contribution in [0.2, 0.25) is 0 Å². The van der Waals surface area contributed by atoms with E-state index in [4.69, 9.17) is 12.2 Å². The standard InChI is InChI=1S/C18H18IN3OS/c19-14-5-3-4-13(12-14)17(23)21-18(24)20-15-6-8-16(9-7-15)22-10-1-2-11-22/h3-9,12H,1-2,10-11H2,(H2,20,21,23,24). The van der Waals surface area contributed by atoms with Crippen LogP contribution in [-0.2, 0) is 0 Å². The van der Waals surface area contributed by atoms with Crippen LogP contribution in [0.1, 0.15) is 23.2 Å². The van der Waals surface area contributed by atoms with Gasteiger partial charge in [-0.15, -0.1) is 0 Å². The third kappa shape index (κ3) is 4.45. The first-order chi connectivity index (χ1) is 11.6. The van der Waals surface area contributed by atoms with Crippen LogP contribution in [0.25, 0.3) is 0 Å². The minimum Gasteiger partial charge on any atom is -0.372 e. The lowest BCUT2D eigenvalue weighted by Gasteiger charge is -2.18. The predicted molar refractivity (Wildman–Crippen MR) is 111 cm³/mol. The molecule has 0 unspecified atom stereocenters. The summed E-state index contributed by atoms with van der Waals surface area (Å²) in [4.78, 5) is 14.6. The van der Waals surface area contributed by atoms with E-state index in [0.717, 1.165) is 22.3 Å². The van der Waals surface area contributed by atoms with Gasteiger partial charge in [0.1, 0.15) is 0 Å². The van der Waals surface area contributed by atoms with Gasteiger partial charge in [-0.3, -0.25) is 10.1 Å². The number of halogens is 1. The van der Waals surface area contributed by atoms with Crippen LogP contribution in [0, 0.1) is 3.57 Å². The SMILES string of the molecule is O=C(NC(=S)Nc1ccc(N2CCCC2)cc1)c1cccc(I)c1. The molecule has 2 aromatic carbocycles. The van der Waals surface area contributed by atoms with Crippen LogP contribution in [-0.4, -0.2) is 24.1 Å². The first kappa shape index (κ1) is 17.2. The Kier molecular flexibility index (Phi) is 5.68. The highest BCUT2D eigenvalue weighted by Gasteiger charge is 2.12. The van der Waals surface area contributed by atoms with Crippen molar-refractivity contribution in [2.24, 2.45) is 0 Å². The van der Waals surface area contributed by atoms with E-state index in [0.29, 0.717) is 10.7 Å². The van der Waals surface area contributed by atoms with Gasteiger partial charge < -0.3 is 10.2 Å². The van der Waals surface area contributed by atoms with E-state index in [1.165, 1.54) is 18.5 Å². The molecule has 0 aromatic heterocycles. The summed E-state index contributed by atoms with van der Waals surface area (Å²) in [5.41, 5.74) is 2.69. The van der Waals surface area contributed by atoms with Crippen molar-refractivity contribution >= 4 is 57.2 Å². The summed E-state index contributed by atoms with van der Waals surface area (Å²) >= 11 is 7.41. The normalized spacial score (nSPS) is 13.6. The second-order valence-electron chi connectivity index (χ2n) is 5.66. The average molecular weight is 451 g/mol. The number of thiocarbonyl (C=S) groups is 1. The van der Waals surface area contributed by atoms with E-state index >= 15 is 0 Å². The molecule has 0 aliphatic carbocycles. The van der Waals surface area contributed by atoms with Crippen LogP contribution in [0.3, 0.4) is 0 Å². The highest BCUT2D eigenvalue weighted by Crippen LogP contribution is 2.22. The van der Waals surface area contributed by atoms with Gasteiger partial charge >= 0.3 is 0 Å². The molecule has 1 heterocycles. The number of carbonyl (C=O) groups excluding carboxylic acids is 1. The first-order valence-corrected chi connectivity index (χ1v) is 9.33. The summed E-state index contributed by atoms with van der Waals surface area (Å²) in [5, 5.41) is 6.06. The molecule has 124 valence electrons. The Morgan fingerprint density at radius 2 is 1.79 bits per heavy atom. The molecule has 1 fully saturated rings. The van der Waals surface area contributed by atoms with Crippen molar-refractivity contribution in [2.75, 3.05) is 23.3 Å². The van der Waals surface area contributed by atoms with Crippen molar-refractivity contribution < 1.29 is 4.79 Å². The smallest absolute Gasteiger partial charge is 0.257 e. The Hall–Kier alpha value is -1.67. The molecule has 0 saturated carbocycles. The first-order valence-electron chi connectivity index (χ1n) is 7.85. The van der Waals surface area contributed by atoms with E-state index < -0.39 is 0 Å². The van der Waals surface area contributed by atoms with Crippen LogP contribution < -0.4 is 15.5 Å². The molecule has 1 amide bonds. The van der Waals surface area contributed by atoms with Gasteiger partial charge in [-0.1, -0.05) is 6.07 Å². The van der Waals surface area contributed by atoms with E-state index in [2.05, 4.69) is 50.3 Å². The van der Waals surface area contributed by atoms with Crippen LogP contribution in [0.15, 0.2) is 48.5 Å². The molecule has 1 aliphatic heterocycles. The van der Waals surface area contributed by atoms with Crippen molar-refractivity contribution in [1.29, 1.82) is 0 Å². The molecule has 4 nitrogen and oxygen atoms in total. The number of rotatable bonds is 3. The highest BCUT2D eigenvalue weighted by molar-refractivity contribution is 14.1. The fourth-order valence-corrected chi connectivity index (χ4v) is 3.45. The molecule has 2 N–H and O–H groups in total. The maximum atomic E-state index is 12.2. The number of hydrogen-bond donors (Lipinski definition) is 2. The zero-order chi connectivity index (χ0) is 16.9. The topological polar surface area (TPSA) is 44.4 Å². The van der Waals surface area contributed by atoms with E-state index in [1.54, 1.807) is 6.07 Å². The largest absolute Gasteiger partial charge is 0.372 e. The van der Waals surface area contributed by atoms with Gasteiger partial charge in [0, 0.05) is 33.6 Å². The Bertz CT molecular complexity index is 742. The maximum absolute atomic E-state index is 12.2. The summed E-state index contributed by atoms with van der Waals surface area (Å²) in [6, 6.07) is 15.5. The van der Waals surface area contributed by atoms with E-state index in [9.17, 15) is 4.79 Å². The highest BCUT2D eigenvalue weighted by atomic mass is 127. The van der Waals surface area contributed by atoms with Crippen molar-refractivity contribution in [1.82, 2.24) is 5.32 Å². The average Bonchev–Trinajstić information content (AvgIpc) is 3.10. The van der Waals surface area contributed by atoms with Crippen molar-refractivity contribution in [3.8, 4) is 0 Å². The second kappa shape index (κ2) is 7.94. The zero-order valence-corrected chi connectivity index (χ0v) is 16.1. The van der Waals surface area contributed by atoms with E-state index in [-0.39, 0.29) is 5.91 Å². The lowest BCUT2D eigenvalue weighted by molar-refractivity contribution is 0.0977. The minimum atomic E-state index is -0.209. The number of benzene rings is 2. The van der Waals surface area contributed by atoms with Gasteiger partial charge in [0.2, 0.25) is 0 Å². The Balaban J connectivity index is 1.57. The van der Waals surface area contributed by atoms with Gasteiger partial charge in [0.05, 0.1) is 0 Å². The summed E-state index contributed by atoms with van der Waals surface area (Å²) in [5.74, 6) is -0.209. The lowest BCUT2D eigenvalue weighted by atomic mass is 10.2. The van der Waals surface area contributed by atoms with Gasteiger partial charge in [-0.25, -0.2) is 0 Å². The Labute approximate surface area is 160 Å². The second-order valence-corrected chi connectivity index (χ2v) is 7.31. The molecule has 0 bridgehead atoms. The molecule has 3 rings (SSSR count). The number of hydrogen-bond acceptors (Lipinski definition) is 3. The number of amides is 1. The van der Waals surface area contributed by atoms with Crippen LogP contribution in [0.4, 0.5) is 11.4 Å². The monoisotopic (exact) mass is 451 g/mol. The van der Waals surface area contributed by atoms with Gasteiger partial charge in [-0.05, 0) is 90.1 Å². The summed E-state index contributed by atoms with van der Waals surface area (Å²) in [7, 11) is 0. The molecular weight excluding hydrogens is 433 g/mol. The zero-order valence-electron chi connectivity index (χ0n) is 13.1. The minimum absolute atomic E-state index is 0.209. The molecule has 1 saturated heterocycles. The van der Waals surface area contributed by atoms with Crippen molar-refractivity contribution in [3.63, 3.8) is 0 Å². The number of nitrogens with zero attached hydrogens (tertiary/aromatic N) is 1. The van der Waals surface area contributed by atoms with Gasteiger partial charge in [-0.2, -0.15) is 0 Å². The molecule has 0 radical (unpaired) electrons. The maximum Gasteiger partial charge on any atom is 0.257 e. The fraction of sp³-hybridized carbons (Fsp3) is 0.222. The molecule has 24 heavy (non-hydrogen) atoms. The number of carbonyl (C=O) groups is 1. The number of anilines is 2. The molecule has 6 heteroatoms. The molecule has 2 aromatic rings. The lowest BCUT2D eigenvalue weighted by Crippen LogP contribution is -2.34. The van der Waals surface area contributed by atoms with E-state index in [1.807, 2.05) is 30.3 Å². The molecule has 1 aliphatic rings. The third-order valence-electron chi connectivity index (χ3n) is 3.91. The van der Waals surface area contributed by atoms with Crippen LogP contribution in [0.5, 0.6) is 0 Å². The summed E-state index contributed by atoms with van der Waals surface area (Å²) in [6.45, 7) is 2.24.